The molecule has 2 aromatic heterocycles. The van der Waals surface area contributed by atoms with Crippen LogP contribution in [0.25, 0.3) is 0 Å². The fourth-order valence-electron chi connectivity index (χ4n) is 3.10. The molecule has 120 valence electrons. The number of aromatic amines is 1. The van der Waals surface area contributed by atoms with Crippen molar-refractivity contribution in [2.45, 2.75) is 44.2 Å². The molecule has 7 nitrogen and oxygen atoms in total. The van der Waals surface area contributed by atoms with Crippen LogP contribution in [0.1, 0.15) is 47.9 Å². The van der Waals surface area contributed by atoms with Gasteiger partial charge in [-0.15, -0.1) is 0 Å². The van der Waals surface area contributed by atoms with Crippen molar-refractivity contribution in [1.82, 2.24) is 24.8 Å². The van der Waals surface area contributed by atoms with Gasteiger partial charge in [-0.05, 0) is 31.6 Å². The second-order valence-corrected chi connectivity index (χ2v) is 6.56. The lowest BCUT2D eigenvalue weighted by Crippen LogP contribution is -2.45. The van der Waals surface area contributed by atoms with Crippen LogP contribution in [0.2, 0.25) is 0 Å². The number of nitrogens with one attached hydrogen (secondary N) is 2. The topological polar surface area (TPSA) is 92.7 Å². The van der Waals surface area contributed by atoms with Crippen molar-refractivity contribution in [2.75, 3.05) is 0 Å². The zero-order chi connectivity index (χ0) is 15.8. The van der Waals surface area contributed by atoms with Crippen LogP contribution in [0.4, 0.5) is 0 Å². The molecular weight excluding hydrogens is 294 g/mol. The van der Waals surface area contributed by atoms with Crippen LogP contribution in [0.15, 0.2) is 29.6 Å². The number of amides is 1. The first-order valence-electron chi connectivity index (χ1n) is 8.05. The van der Waals surface area contributed by atoms with Crippen LogP contribution >= 0.6 is 0 Å². The first kappa shape index (κ1) is 14.2. The van der Waals surface area contributed by atoms with Crippen LogP contribution in [-0.2, 0) is 6.54 Å². The summed E-state index contributed by atoms with van der Waals surface area (Å²) in [5.74, 6) is 1.28. The summed E-state index contributed by atoms with van der Waals surface area (Å²) >= 11 is 0. The Bertz CT molecular complexity index is 757. The molecule has 2 fully saturated rings. The maximum absolute atomic E-state index is 12.3. The predicted molar refractivity (Wildman–Crippen MR) is 83.0 cm³/mol. The molecule has 0 atom stereocenters. The summed E-state index contributed by atoms with van der Waals surface area (Å²) in [6.07, 6.45) is 9.50. The van der Waals surface area contributed by atoms with E-state index >= 15 is 0 Å². The molecule has 7 heteroatoms. The largest absolute Gasteiger partial charge is 0.348 e. The Balaban J connectivity index is 1.33. The van der Waals surface area contributed by atoms with Crippen molar-refractivity contribution >= 4 is 5.91 Å². The lowest BCUT2D eigenvalue weighted by Gasteiger charge is -2.35. The molecular formula is C16H19N5O2. The number of nitrogens with zero attached hydrogens (tertiary/aromatic N) is 3. The molecule has 2 heterocycles. The first-order chi connectivity index (χ1) is 11.2. The molecule has 0 aromatic carbocycles. The number of H-pyrrole nitrogens is 1. The molecule has 2 aliphatic carbocycles. The van der Waals surface area contributed by atoms with E-state index in [1.165, 1.54) is 6.07 Å². The highest BCUT2D eigenvalue weighted by molar-refractivity contribution is 5.92. The number of carbonyl (C=O) groups is 1. The van der Waals surface area contributed by atoms with E-state index in [4.69, 9.17) is 0 Å². The fraction of sp³-hybridized carbons (Fsp3) is 0.500. The van der Waals surface area contributed by atoms with Gasteiger partial charge in [0.15, 0.2) is 0 Å². The summed E-state index contributed by atoms with van der Waals surface area (Å²) < 4.78 is 2.06. The van der Waals surface area contributed by atoms with E-state index in [1.807, 2.05) is 12.5 Å². The third kappa shape index (κ3) is 3.18. The summed E-state index contributed by atoms with van der Waals surface area (Å²) in [5, 5.41) is 2.98. The van der Waals surface area contributed by atoms with Crippen LogP contribution in [0.3, 0.4) is 0 Å². The molecule has 0 spiro atoms. The normalized spacial score (nSPS) is 23.3. The molecule has 0 unspecified atom stereocenters. The van der Waals surface area contributed by atoms with Crippen molar-refractivity contribution in [2.24, 2.45) is 5.92 Å². The Labute approximate surface area is 133 Å². The SMILES string of the molecule is O=C(NC1CC(Cn2ccnc2)C1)c1cc(=O)[nH]c(C2CC2)n1. The minimum Gasteiger partial charge on any atom is -0.348 e. The highest BCUT2D eigenvalue weighted by Crippen LogP contribution is 2.37. The maximum atomic E-state index is 12.3. The number of rotatable bonds is 5. The van der Waals surface area contributed by atoms with Crippen molar-refractivity contribution in [3.8, 4) is 0 Å². The van der Waals surface area contributed by atoms with E-state index in [0.29, 0.717) is 17.7 Å². The van der Waals surface area contributed by atoms with E-state index in [9.17, 15) is 9.59 Å². The van der Waals surface area contributed by atoms with Gasteiger partial charge in [-0.3, -0.25) is 9.59 Å². The number of hydrogen-bond donors (Lipinski definition) is 2. The molecule has 2 N–H and O–H groups in total. The highest BCUT2D eigenvalue weighted by Gasteiger charge is 2.31. The van der Waals surface area contributed by atoms with Crippen LogP contribution in [0, 0.1) is 5.92 Å². The van der Waals surface area contributed by atoms with E-state index < -0.39 is 0 Å². The molecule has 1 amide bonds. The van der Waals surface area contributed by atoms with E-state index in [-0.39, 0.29) is 23.2 Å². The lowest BCUT2D eigenvalue weighted by molar-refractivity contribution is 0.0875. The Hall–Kier alpha value is -2.44. The summed E-state index contributed by atoms with van der Waals surface area (Å²) in [7, 11) is 0. The lowest BCUT2D eigenvalue weighted by atomic mass is 9.80. The van der Waals surface area contributed by atoms with Gasteiger partial charge in [0.2, 0.25) is 0 Å². The summed E-state index contributed by atoms with van der Waals surface area (Å²) in [6.45, 7) is 0.932. The van der Waals surface area contributed by atoms with Crippen LogP contribution in [-0.4, -0.2) is 31.5 Å². The van der Waals surface area contributed by atoms with Gasteiger partial charge >= 0.3 is 0 Å². The molecule has 2 aromatic rings. The van der Waals surface area contributed by atoms with Gasteiger partial charge in [-0.1, -0.05) is 0 Å². The number of carbonyl (C=O) groups excluding carboxylic acids is 1. The summed E-state index contributed by atoms with van der Waals surface area (Å²) in [5.41, 5.74) is -0.0210. The fourth-order valence-corrected chi connectivity index (χ4v) is 3.10. The average molecular weight is 313 g/mol. The zero-order valence-corrected chi connectivity index (χ0v) is 12.7. The van der Waals surface area contributed by atoms with Gasteiger partial charge in [-0.25, -0.2) is 9.97 Å². The van der Waals surface area contributed by atoms with Gasteiger partial charge in [0.25, 0.3) is 11.5 Å². The number of hydrogen-bond acceptors (Lipinski definition) is 4. The van der Waals surface area contributed by atoms with Crippen molar-refractivity contribution in [3.63, 3.8) is 0 Å². The van der Waals surface area contributed by atoms with Gasteiger partial charge < -0.3 is 14.9 Å². The minimum atomic E-state index is -0.251. The quantitative estimate of drug-likeness (QED) is 0.863. The second-order valence-electron chi connectivity index (χ2n) is 6.56. The Morgan fingerprint density at radius 3 is 2.91 bits per heavy atom. The summed E-state index contributed by atoms with van der Waals surface area (Å²) in [6, 6.07) is 1.45. The Morgan fingerprint density at radius 2 is 2.22 bits per heavy atom. The standard InChI is InChI=1S/C16H19N5O2/c22-14-7-13(19-15(20-14)11-1-2-11)16(23)18-12-5-10(6-12)8-21-4-3-17-9-21/h3-4,7,9-12H,1-2,5-6,8H2,(H,18,23)(H,19,20,22). The minimum absolute atomic E-state index is 0.168. The smallest absolute Gasteiger partial charge is 0.270 e. The molecule has 0 radical (unpaired) electrons. The van der Waals surface area contributed by atoms with Crippen molar-refractivity contribution in [1.29, 1.82) is 0 Å². The van der Waals surface area contributed by atoms with Gasteiger partial charge in [-0.2, -0.15) is 0 Å². The molecule has 0 bridgehead atoms. The van der Waals surface area contributed by atoms with Gasteiger partial charge in [0, 0.05) is 37.0 Å². The molecule has 2 saturated carbocycles. The van der Waals surface area contributed by atoms with E-state index in [2.05, 4.69) is 24.8 Å². The van der Waals surface area contributed by atoms with Crippen molar-refractivity contribution in [3.05, 3.63) is 46.7 Å². The third-order valence-electron chi connectivity index (χ3n) is 4.56. The highest BCUT2D eigenvalue weighted by atomic mass is 16.2. The first-order valence-corrected chi connectivity index (χ1v) is 8.05. The van der Waals surface area contributed by atoms with Crippen LogP contribution in [0.5, 0.6) is 0 Å². The monoisotopic (exact) mass is 313 g/mol. The summed E-state index contributed by atoms with van der Waals surface area (Å²) in [4.78, 5) is 35.0. The number of imidazole rings is 1. The third-order valence-corrected chi connectivity index (χ3v) is 4.56. The number of aromatic nitrogens is 4. The Kier molecular flexibility index (Phi) is 3.48. The Morgan fingerprint density at radius 1 is 1.39 bits per heavy atom. The average Bonchev–Trinajstić information content (AvgIpc) is 3.22. The van der Waals surface area contributed by atoms with E-state index in [0.717, 1.165) is 32.2 Å². The zero-order valence-electron chi connectivity index (χ0n) is 12.7. The predicted octanol–water partition coefficient (Wildman–Crippen LogP) is 1.05. The molecule has 23 heavy (non-hydrogen) atoms. The van der Waals surface area contributed by atoms with E-state index in [1.54, 1.807) is 6.20 Å². The maximum Gasteiger partial charge on any atom is 0.270 e. The van der Waals surface area contributed by atoms with Gasteiger partial charge in [0.1, 0.15) is 11.5 Å². The molecule has 0 aliphatic heterocycles. The molecule has 4 rings (SSSR count). The molecule has 2 aliphatic rings. The molecule has 0 saturated heterocycles. The van der Waals surface area contributed by atoms with Crippen molar-refractivity contribution < 1.29 is 4.79 Å². The van der Waals surface area contributed by atoms with Crippen LogP contribution < -0.4 is 10.9 Å². The van der Waals surface area contributed by atoms with Gasteiger partial charge in [0.05, 0.1) is 6.33 Å². The second kappa shape index (κ2) is 5.64.